The first kappa shape index (κ1) is 10.7. The van der Waals surface area contributed by atoms with Crippen LogP contribution in [0.1, 0.15) is 48.5 Å². The molecule has 1 aliphatic rings. The summed E-state index contributed by atoms with van der Waals surface area (Å²) in [6.07, 6.45) is 4.61. The summed E-state index contributed by atoms with van der Waals surface area (Å²) in [5.41, 5.74) is 3.60. The second-order valence-corrected chi connectivity index (χ2v) is 4.90. The van der Waals surface area contributed by atoms with Gasteiger partial charge in [0.2, 0.25) is 0 Å². The van der Waals surface area contributed by atoms with Crippen molar-refractivity contribution in [2.75, 3.05) is 0 Å². The highest BCUT2D eigenvalue weighted by Gasteiger charge is 2.22. The highest BCUT2D eigenvalue weighted by molar-refractivity contribution is 5.31. The minimum absolute atomic E-state index is 0.258. The van der Waals surface area contributed by atoms with Gasteiger partial charge < -0.3 is 5.11 Å². The fraction of sp³-hybridized carbons (Fsp3) is 0.571. The summed E-state index contributed by atoms with van der Waals surface area (Å²) < 4.78 is 0. The summed E-state index contributed by atoms with van der Waals surface area (Å²) in [5.74, 6) is 0.908. The monoisotopic (exact) mass is 204 g/mol. The van der Waals surface area contributed by atoms with Crippen LogP contribution in [-0.4, -0.2) is 5.11 Å². The van der Waals surface area contributed by atoms with Crippen LogP contribution in [0.4, 0.5) is 0 Å². The summed E-state index contributed by atoms with van der Waals surface area (Å²) >= 11 is 0. The summed E-state index contributed by atoms with van der Waals surface area (Å²) in [5, 5.41) is 10.1. The molecule has 1 atom stereocenters. The maximum absolute atomic E-state index is 10.1. The van der Waals surface area contributed by atoms with Crippen molar-refractivity contribution in [3.05, 3.63) is 34.9 Å². The van der Waals surface area contributed by atoms with Gasteiger partial charge in [0.25, 0.3) is 0 Å². The molecule has 0 saturated heterocycles. The van der Waals surface area contributed by atoms with E-state index in [0.29, 0.717) is 0 Å². The van der Waals surface area contributed by atoms with Crippen molar-refractivity contribution in [3.8, 4) is 0 Å². The van der Waals surface area contributed by atoms with Crippen LogP contribution in [-0.2, 0) is 0 Å². The number of hydrogen-bond donors (Lipinski definition) is 1. The van der Waals surface area contributed by atoms with Gasteiger partial charge in [-0.25, -0.2) is 0 Å². The minimum atomic E-state index is -0.258. The lowest BCUT2D eigenvalue weighted by Crippen LogP contribution is -2.00. The Labute approximate surface area is 92.1 Å². The Morgan fingerprint density at radius 1 is 1.33 bits per heavy atom. The maximum atomic E-state index is 10.1. The van der Waals surface area contributed by atoms with Crippen molar-refractivity contribution >= 4 is 0 Å². The van der Waals surface area contributed by atoms with Crippen LogP contribution in [0.15, 0.2) is 18.2 Å². The van der Waals surface area contributed by atoms with Gasteiger partial charge in [-0.2, -0.15) is 0 Å². The van der Waals surface area contributed by atoms with Crippen LogP contribution in [0.2, 0.25) is 0 Å². The van der Waals surface area contributed by atoms with E-state index in [9.17, 15) is 5.11 Å². The van der Waals surface area contributed by atoms with Crippen LogP contribution in [0, 0.1) is 19.8 Å². The Morgan fingerprint density at radius 3 is 2.67 bits per heavy atom. The van der Waals surface area contributed by atoms with Crippen LogP contribution in [0.25, 0.3) is 0 Å². The van der Waals surface area contributed by atoms with Gasteiger partial charge in [-0.1, -0.05) is 36.6 Å². The fourth-order valence-corrected chi connectivity index (χ4v) is 2.16. The predicted molar refractivity (Wildman–Crippen MR) is 62.8 cm³/mol. The molecule has 15 heavy (non-hydrogen) atoms. The first-order valence-electron chi connectivity index (χ1n) is 5.92. The van der Waals surface area contributed by atoms with E-state index < -0.39 is 0 Å². The molecule has 2 rings (SSSR count). The zero-order valence-corrected chi connectivity index (χ0v) is 9.66. The van der Waals surface area contributed by atoms with E-state index >= 15 is 0 Å². The van der Waals surface area contributed by atoms with E-state index in [1.54, 1.807) is 0 Å². The molecule has 0 aromatic heterocycles. The second-order valence-electron chi connectivity index (χ2n) is 4.90. The first-order valence-corrected chi connectivity index (χ1v) is 5.92. The number of benzene rings is 1. The molecule has 1 nitrogen and oxygen atoms in total. The first-order chi connectivity index (χ1) is 7.16. The number of hydrogen-bond acceptors (Lipinski definition) is 1. The molecule has 0 aliphatic heterocycles. The molecule has 1 fully saturated rings. The van der Waals surface area contributed by atoms with E-state index in [-0.39, 0.29) is 6.10 Å². The molecule has 1 aromatic carbocycles. The molecule has 1 heteroatoms. The van der Waals surface area contributed by atoms with E-state index in [2.05, 4.69) is 32.0 Å². The summed E-state index contributed by atoms with van der Waals surface area (Å²) in [6.45, 7) is 4.18. The van der Waals surface area contributed by atoms with Crippen LogP contribution in [0.5, 0.6) is 0 Å². The molecule has 82 valence electrons. The van der Waals surface area contributed by atoms with Crippen molar-refractivity contribution in [1.82, 2.24) is 0 Å². The third-order valence-corrected chi connectivity index (χ3v) is 3.33. The van der Waals surface area contributed by atoms with E-state index in [1.165, 1.54) is 30.4 Å². The Morgan fingerprint density at radius 2 is 2.07 bits per heavy atom. The van der Waals surface area contributed by atoms with Gasteiger partial charge >= 0.3 is 0 Å². The van der Waals surface area contributed by atoms with Crippen molar-refractivity contribution in [1.29, 1.82) is 0 Å². The molecular weight excluding hydrogens is 184 g/mol. The van der Waals surface area contributed by atoms with Crippen molar-refractivity contribution < 1.29 is 5.11 Å². The van der Waals surface area contributed by atoms with Gasteiger partial charge in [-0.3, -0.25) is 0 Å². The number of aryl methyl sites for hydroxylation is 2. The van der Waals surface area contributed by atoms with Crippen molar-refractivity contribution in [2.24, 2.45) is 5.92 Å². The number of rotatable bonds is 4. The van der Waals surface area contributed by atoms with Gasteiger partial charge in [0.1, 0.15) is 0 Å². The second kappa shape index (κ2) is 4.36. The zero-order valence-electron chi connectivity index (χ0n) is 9.66. The molecule has 0 amide bonds. The third-order valence-electron chi connectivity index (χ3n) is 3.33. The average Bonchev–Trinajstić information content (AvgIpc) is 2.97. The van der Waals surface area contributed by atoms with Gasteiger partial charge in [0.05, 0.1) is 6.10 Å². The molecule has 0 radical (unpaired) electrons. The normalized spacial score (nSPS) is 17.8. The molecule has 0 spiro atoms. The van der Waals surface area contributed by atoms with E-state index in [4.69, 9.17) is 0 Å². The highest BCUT2D eigenvalue weighted by atomic mass is 16.3. The molecule has 0 bridgehead atoms. The average molecular weight is 204 g/mol. The van der Waals surface area contributed by atoms with Gasteiger partial charge in [-0.05, 0) is 43.7 Å². The largest absolute Gasteiger partial charge is 0.388 e. The Balaban J connectivity index is 1.99. The lowest BCUT2D eigenvalue weighted by Gasteiger charge is -2.14. The number of aliphatic hydroxyl groups is 1. The molecular formula is C14H20O. The molecule has 1 unspecified atom stereocenters. The van der Waals surface area contributed by atoms with Gasteiger partial charge in [-0.15, -0.1) is 0 Å². The summed E-state index contributed by atoms with van der Waals surface area (Å²) in [4.78, 5) is 0. The highest BCUT2D eigenvalue weighted by Crippen LogP contribution is 2.36. The Hall–Kier alpha value is -0.820. The minimum Gasteiger partial charge on any atom is -0.388 e. The molecule has 1 aliphatic carbocycles. The van der Waals surface area contributed by atoms with Crippen LogP contribution >= 0.6 is 0 Å². The Kier molecular flexibility index (Phi) is 3.11. The lowest BCUT2D eigenvalue weighted by atomic mass is 9.97. The lowest BCUT2D eigenvalue weighted by molar-refractivity contribution is 0.161. The molecule has 1 aromatic rings. The molecule has 1 N–H and O–H groups in total. The number of aliphatic hydroxyl groups excluding tert-OH is 1. The SMILES string of the molecule is Cc1ccc(C(O)CCC2CC2)c(C)c1. The van der Waals surface area contributed by atoms with E-state index in [1.807, 2.05) is 0 Å². The Bertz CT molecular complexity index is 339. The molecule has 0 heterocycles. The quantitative estimate of drug-likeness (QED) is 0.795. The molecule has 1 saturated carbocycles. The van der Waals surface area contributed by atoms with Crippen molar-refractivity contribution in [3.63, 3.8) is 0 Å². The predicted octanol–water partition coefficient (Wildman–Crippen LogP) is 3.53. The van der Waals surface area contributed by atoms with Gasteiger partial charge in [0.15, 0.2) is 0 Å². The topological polar surface area (TPSA) is 20.2 Å². The summed E-state index contributed by atoms with van der Waals surface area (Å²) in [6, 6.07) is 6.31. The van der Waals surface area contributed by atoms with Crippen LogP contribution in [0.3, 0.4) is 0 Å². The van der Waals surface area contributed by atoms with Crippen molar-refractivity contribution in [2.45, 2.75) is 45.6 Å². The van der Waals surface area contributed by atoms with Crippen LogP contribution < -0.4 is 0 Å². The maximum Gasteiger partial charge on any atom is 0.0792 e. The smallest absolute Gasteiger partial charge is 0.0792 e. The van der Waals surface area contributed by atoms with E-state index in [0.717, 1.165) is 17.9 Å². The fourth-order valence-electron chi connectivity index (χ4n) is 2.16. The zero-order chi connectivity index (χ0) is 10.8. The van der Waals surface area contributed by atoms with Gasteiger partial charge in [0, 0.05) is 0 Å². The summed E-state index contributed by atoms with van der Waals surface area (Å²) in [7, 11) is 0. The third kappa shape index (κ3) is 2.82. The standard InChI is InChI=1S/C14H20O/c1-10-3-7-13(11(2)9-10)14(15)8-6-12-4-5-12/h3,7,9,12,14-15H,4-6,8H2,1-2H3.